The number of thioether (sulfide) groups is 1. The number of amides is 1. The van der Waals surface area contributed by atoms with Gasteiger partial charge in [0.2, 0.25) is 5.17 Å². The Morgan fingerprint density at radius 2 is 1.92 bits per heavy atom. The summed E-state index contributed by atoms with van der Waals surface area (Å²) in [7, 11) is 1.55. The standard InChI is InChI=1S/C27H29ClN4O3S/c1-3-4-5-6-7-12-24-31-32-25(29)20(26(33)30-27(32)36-24)15-18-13-14-22(23(16-18)34-2)35-17-19-10-8-9-11-21(19)28/h8-11,13-16,29H,3-7,12,17H2,1-2H3/b20-15+,29-25?. The maximum atomic E-state index is 12.7. The highest BCUT2D eigenvalue weighted by molar-refractivity contribution is 8.26. The maximum Gasteiger partial charge on any atom is 0.283 e. The quantitative estimate of drug-likeness (QED) is 0.255. The average molecular weight is 525 g/mol. The Bertz CT molecular complexity index is 1240. The number of aliphatic imine (C=N–C) groups is 1. The van der Waals surface area contributed by atoms with Crippen molar-refractivity contribution in [2.45, 2.75) is 52.1 Å². The lowest BCUT2D eigenvalue weighted by atomic mass is 10.1. The highest BCUT2D eigenvalue weighted by Gasteiger charge is 2.35. The van der Waals surface area contributed by atoms with Crippen LogP contribution in [-0.4, -0.2) is 34.1 Å². The van der Waals surface area contributed by atoms with Gasteiger partial charge in [-0.25, -0.2) is 0 Å². The number of hydrogen-bond donors (Lipinski definition) is 1. The summed E-state index contributed by atoms with van der Waals surface area (Å²) < 4.78 is 11.4. The number of benzene rings is 2. The molecule has 9 heteroatoms. The minimum absolute atomic E-state index is 0.0245. The minimum atomic E-state index is -0.448. The van der Waals surface area contributed by atoms with Crippen LogP contribution in [0.25, 0.3) is 6.08 Å². The van der Waals surface area contributed by atoms with Crippen LogP contribution in [0.1, 0.15) is 56.6 Å². The van der Waals surface area contributed by atoms with Gasteiger partial charge in [0.25, 0.3) is 5.91 Å². The zero-order valence-corrected chi connectivity index (χ0v) is 22.0. The number of fused-ring (bicyclic) bond motifs is 1. The van der Waals surface area contributed by atoms with Gasteiger partial charge in [-0.3, -0.25) is 10.2 Å². The van der Waals surface area contributed by atoms with Crippen LogP contribution in [0.2, 0.25) is 5.02 Å². The molecule has 0 bridgehead atoms. The van der Waals surface area contributed by atoms with E-state index in [-0.39, 0.29) is 11.4 Å². The van der Waals surface area contributed by atoms with E-state index in [9.17, 15) is 4.79 Å². The van der Waals surface area contributed by atoms with E-state index < -0.39 is 5.91 Å². The number of hydrazone groups is 1. The van der Waals surface area contributed by atoms with Gasteiger partial charge in [0.1, 0.15) is 11.7 Å². The van der Waals surface area contributed by atoms with Gasteiger partial charge in [-0.1, -0.05) is 68.5 Å². The van der Waals surface area contributed by atoms with Gasteiger partial charge in [0.15, 0.2) is 17.3 Å². The van der Waals surface area contributed by atoms with Gasteiger partial charge >= 0.3 is 0 Å². The Morgan fingerprint density at radius 1 is 1.11 bits per heavy atom. The molecule has 2 aromatic rings. The van der Waals surface area contributed by atoms with Gasteiger partial charge in [0.05, 0.1) is 12.7 Å². The number of nitrogens with zero attached hydrogens (tertiary/aromatic N) is 3. The van der Waals surface area contributed by atoms with Crippen molar-refractivity contribution in [2.24, 2.45) is 10.1 Å². The van der Waals surface area contributed by atoms with Gasteiger partial charge in [-0.05, 0) is 54.4 Å². The number of unbranched alkanes of at least 4 members (excludes halogenated alkanes) is 4. The van der Waals surface area contributed by atoms with E-state index in [4.69, 9.17) is 26.5 Å². The molecule has 2 aromatic carbocycles. The molecule has 0 radical (unpaired) electrons. The van der Waals surface area contributed by atoms with E-state index in [1.807, 2.05) is 24.3 Å². The molecule has 0 aromatic heterocycles. The van der Waals surface area contributed by atoms with Crippen LogP contribution in [0, 0.1) is 5.41 Å². The van der Waals surface area contributed by atoms with Crippen molar-refractivity contribution in [3.63, 3.8) is 0 Å². The summed E-state index contributed by atoms with van der Waals surface area (Å²) in [5, 5.41) is 16.6. The van der Waals surface area contributed by atoms with Crippen molar-refractivity contribution < 1.29 is 14.3 Å². The fourth-order valence-corrected chi connectivity index (χ4v) is 4.96. The Kier molecular flexibility index (Phi) is 8.83. The van der Waals surface area contributed by atoms with E-state index in [2.05, 4.69) is 17.0 Å². The molecule has 7 nitrogen and oxygen atoms in total. The molecule has 0 saturated heterocycles. The molecule has 36 heavy (non-hydrogen) atoms. The highest BCUT2D eigenvalue weighted by Crippen LogP contribution is 2.33. The molecule has 0 fully saturated rings. The molecule has 0 spiro atoms. The second-order valence-corrected chi connectivity index (χ2v) is 9.92. The number of carbonyl (C=O) groups is 1. The van der Waals surface area contributed by atoms with Gasteiger partial charge < -0.3 is 9.47 Å². The number of nitrogens with one attached hydrogen (secondary N) is 1. The summed E-state index contributed by atoms with van der Waals surface area (Å²) in [6.45, 7) is 2.49. The SMILES string of the molecule is CCCCCCCC1=NN2C(=N)/C(=C\c3ccc(OCc4ccccc4Cl)c(OC)c3)C(=O)N=C2S1. The van der Waals surface area contributed by atoms with Crippen LogP contribution >= 0.6 is 23.4 Å². The van der Waals surface area contributed by atoms with Crippen molar-refractivity contribution in [1.29, 1.82) is 5.41 Å². The lowest BCUT2D eigenvalue weighted by Crippen LogP contribution is -2.35. The lowest BCUT2D eigenvalue weighted by Gasteiger charge is -2.20. The van der Waals surface area contributed by atoms with Crippen molar-refractivity contribution >= 4 is 51.4 Å². The second kappa shape index (κ2) is 12.2. The normalized spacial score (nSPS) is 16.2. The zero-order chi connectivity index (χ0) is 25.5. The largest absolute Gasteiger partial charge is 0.493 e. The molecule has 1 N–H and O–H groups in total. The molecule has 4 rings (SSSR count). The second-order valence-electron chi connectivity index (χ2n) is 8.47. The number of ether oxygens (including phenoxy) is 2. The zero-order valence-electron chi connectivity index (χ0n) is 20.4. The van der Waals surface area contributed by atoms with Crippen LogP contribution in [0.15, 0.2) is 58.1 Å². The van der Waals surface area contributed by atoms with Crippen molar-refractivity contribution in [3.8, 4) is 11.5 Å². The minimum Gasteiger partial charge on any atom is -0.493 e. The first-order valence-corrected chi connectivity index (χ1v) is 13.2. The first kappa shape index (κ1) is 26.0. The van der Waals surface area contributed by atoms with Crippen LogP contribution in [0.5, 0.6) is 11.5 Å². The molecule has 188 valence electrons. The monoisotopic (exact) mass is 524 g/mol. The van der Waals surface area contributed by atoms with Crippen molar-refractivity contribution in [1.82, 2.24) is 5.01 Å². The van der Waals surface area contributed by atoms with Gasteiger partial charge in [-0.15, -0.1) is 0 Å². The summed E-state index contributed by atoms with van der Waals surface area (Å²) in [6, 6.07) is 12.8. The summed E-state index contributed by atoms with van der Waals surface area (Å²) in [6.07, 6.45) is 8.33. The molecule has 1 amide bonds. The first-order valence-electron chi connectivity index (χ1n) is 12.0. The summed E-state index contributed by atoms with van der Waals surface area (Å²) in [5.74, 6) is 0.636. The van der Waals surface area contributed by atoms with Crippen LogP contribution in [-0.2, 0) is 11.4 Å². The topological polar surface area (TPSA) is 87.3 Å². The third-order valence-corrected chi connectivity index (χ3v) is 7.17. The molecular weight excluding hydrogens is 496 g/mol. The predicted octanol–water partition coefficient (Wildman–Crippen LogP) is 6.91. The van der Waals surface area contributed by atoms with E-state index in [1.165, 1.54) is 36.0 Å². The summed E-state index contributed by atoms with van der Waals surface area (Å²) in [5.41, 5.74) is 1.74. The number of amidine groups is 2. The highest BCUT2D eigenvalue weighted by atomic mass is 35.5. The van der Waals surface area contributed by atoms with Crippen LogP contribution in [0.3, 0.4) is 0 Å². The summed E-state index contributed by atoms with van der Waals surface area (Å²) in [4.78, 5) is 16.9. The molecule has 2 aliphatic rings. The fourth-order valence-electron chi connectivity index (χ4n) is 3.84. The number of halogens is 1. The lowest BCUT2D eigenvalue weighted by molar-refractivity contribution is -0.114. The van der Waals surface area contributed by atoms with Gasteiger partial charge in [0, 0.05) is 10.6 Å². The Morgan fingerprint density at radius 3 is 2.69 bits per heavy atom. The van der Waals surface area contributed by atoms with E-state index in [1.54, 1.807) is 31.4 Å². The fraction of sp³-hybridized carbons (Fsp3) is 0.333. The maximum absolute atomic E-state index is 12.7. The molecule has 0 atom stereocenters. The van der Waals surface area contributed by atoms with E-state index >= 15 is 0 Å². The van der Waals surface area contributed by atoms with E-state index in [0.29, 0.717) is 33.9 Å². The van der Waals surface area contributed by atoms with Crippen LogP contribution in [0.4, 0.5) is 0 Å². The Hall–Kier alpha value is -3.10. The Labute approximate surface area is 220 Å². The first-order chi connectivity index (χ1) is 17.5. The van der Waals surface area contributed by atoms with Crippen molar-refractivity contribution in [3.05, 3.63) is 64.2 Å². The third kappa shape index (κ3) is 6.17. The smallest absolute Gasteiger partial charge is 0.283 e. The van der Waals surface area contributed by atoms with Crippen molar-refractivity contribution in [2.75, 3.05) is 7.11 Å². The molecular formula is C27H29ClN4O3S. The third-order valence-electron chi connectivity index (χ3n) is 5.83. The number of methoxy groups -OCH3 is 1. The molecule has 0 aliphatic carbocycles. The average Bonchev–Trinajstić information content (AvgIpc) is 3.29. The Balaban J connectivity index is 1.46. The molecule has 2 aliphatic heterocycles. The molecule has 2 heterocycles. The van der Waals surface area contributed by atoms with Gasteiger partial charge in [-0.2, -0.15) is 15.1 Å². The predicted molar refractivity (Wildman–Crippen MR) is 147 cm³/mol. The number of rotatable bonds is 11. The molecule has 0 saturated carbocycles. The number of hydrogen-bond acceptors (Lipinski definition) is 6. The van der Waals surface area contributed by atoms with E-state index in [0.717, 1.165) is 29.9 Å². The number of carbonyl (C=O) groups excluding carboxylic acids is 1. The molecule has 0 unspecified atom stereocenters. The van der Waals surface area contributed by atoms with Crippen LogP contribution < -0.4 is 9.47 Å². The summed E-state index contributed by atoms with van der Waals surface area (Å²) >= 11 is 7.60.